The van der Waals surface area contributed by atoms with Gasteiger partial charge in [0.05, 0.1) is 5.38 Å². The van der Waals surface area contributed by atoms with E-state index in [1.165, 1.54) is 0 Å². The second kappa shape index (κ2) is 6.92. The Morgan fingerprint density at radius 3 is 2.47 bits per heavy atom. The molecule has 1 aromatic heterocycles. The first-order valence-electron chi connectivity index (χ1n) is 6.27. The summed E-state index contributed by atoms with van der Waals surface area (Å²) in [6.45, 7) is 11.5. The number of likely N-dealkylation sites (N-methyl/N-ethyl adjacent to an activating group) is 1. The van der Waals surface area contributed by atoms with Gasteiger partial charge in [-0.15, -0.1) is 11.6 Å². The van der Waals surface area contributed by atoms with Crippen molar-refractivity contribution in [2.24, 2.45) is 0 Å². The van der Waals surface area contributed by atoms with E-state index in [0.717, 1.165) is 43.1 Å². The van der Waals surface area contributed by atoms with Crippen LogP contribution in [0.4, 0.5) is 0 Å². The number of hydrogen-bond donors (Lipinski definition) is 0. The smallest absolute Gasteiger partial charge is 0.129 e. The molecule has 0 aliphatic rings. The predicted octanol–water partition coefficient (Wildman–Crippen LogP) is 2.97. The largest absolute Gasteiger partial charge is 0.303 e. The van der Waals surface area contributed by atoms with Crippen molar-refractivity contribution in [1.29, 1.82) is 0 Å². The molecular formula is C13H22ClN3. The monoisotopic (exact) mass is 255 g/mol. The summed E-state index contributed by atoms with van der Waals surface area (Å²) in [7, 11) is 0. The summed E-state index contributed by atoms with van der Waals surface area (Å²) in [6, 6.07) is 0. The van der Waals surface area contributed by atoms with Crippen LogP contribution >= 0.6 is 11.6 Å². The molecule has 0 aliphatic heterocycles. The lowest BCUT2D eigenvalue weighted by atomic mass is 10.2. The Kier molecular flexibility index (Phi) is 5.86. The maximum absolute atomic E-state index is 6.04. The molecular weight excluding hydrogens is 234 g/mol. The van der Waals surface area contributed by atoms with Crippen LogP contribution in [0.5, 0.6) is 0 Å². The molecule has 1 unspecified atom stereocenters. The van der Waals surface area contributed by atoms with Crippen molar-refractivity contribution >= 4 is 11.6 Å². The number of rotatable bonds is 6. The fourth-order valence-electron chi connectivity index (χ4n) is 1.83. The van der Waals surface area contributed by atoms with Crippen LogP contribution in [0.25, 0.3) is 0 Å². The summed E-state index contributed by atoms with van der Waals surface area (Å²) in [6.07, 6.45) is 2.76. The second-order valence-electron chi connectivity index (χ2n) is 4.22. The number of aryl methyl sites for hydroxylation is 1. The van der Waals surface area contributed by atoms with Crippen LogP contribution < -0.4 is 0 Å². The molecule has 17 heavy (non-hydrogen) atoms. The maximum Gasteiger partial charge on any atom is 0.129 e. The minimum atomic E-state index is -0.0215. The van der Waals surface area contributed by atoms with E-state index in [4.69, 9.17) is 11.6 Å². The molecule has 0 fully saturated rings. The van der Waals surface area contributed by atoms with E-state index in [9.17, 15) is 0 Å². The van der Waals surface area contributed by atoms with E-state index in [-0.39, 0.29) is 5.38 Å². The second-order valence-corrected chi connectivity index (χ2v) is 4.87. The number of hydrogen-bond acceptors (Lipinski definition) is 3. The average molecular weight is 256 g/mol. The highest BCUT2D eigenvalue weighted by Crippen LogP contribution is 2.20. The Hall–Kier alpha value is -0.670. The van der Waals surface area contributed by atoms with Crippen molar-refractivity contribution in [2.75, 3.05) is 19.6 Å². The molecule has 0 radical (unpaired) electrons. The number of halogens is 1. The van der Waals surface area contributed by atoms with E-state index in [1.54, 1.807) is 0 Å². The van der Waals surface area contributed by atoms with E-state index in [0.29, 0.717) is 0 Å². The number of aromatic nitrogens is 2. The van der Waals surface area contributed by atoms with Crippen LogP contribution in [0, 0.1) is 6.92 Å². The standard InChI is InChI=1S/C13H22ClN3/c1-5-17(6-2)8-7-13-15-9-12(10(3)14)11(4)16-13/h9-10H,5-8H2,1-4H3. The van der Waals surface area contributed by atoms with Gasteiger partial charge in [0.2, 0.25) is 0 Å². The molecule has 0 N–H and O–H groups in total. The van der Waals surface area contributed by atoms with E-state index in [2.05, 4.69) is 28.7 Å². The SMILES string of the molecule is CCN(CC)CCc1ncc(C(C)Cl)c(C)n1. The summed E-state index contributed by atoms with van der Waals surface area (Å²) < 4.78 is 0. The van der Waals surface area contributed by atoms with Gasteiger partial charge in [0.15, 0.2) is 0 Å². The zero-order chi connectivity index (χ0) is 12.8. The fourth-order valence-corrected chi connectivity index (χ4v) is 2.05. The van der Waals surface area contributed by atoms with Gasteiger partial charge in [-0.1, -0.05) is 13.8 Å². The van der Waals surface area contributed by atoms with Gasteiger partial charge >= 0.3 is 0 Å². The Morgan fingerprint density at radius 2 is 2.00 bits per heavy atom. The van der Waals surface area contributed by atoms with E-state index >= 15 is 0 Å². The van der Waals surface area contributed by atoms with Crippen molar-refractivity contribution in [3.63, 3.8) is 0 Å². The van der Waals surface area contributed by atoms with Crippen molar-refractivity contribution in [2.45, 2.75) is 39.5 Å². The fraction of sp³-hybridized carbons (Fsp3) is 0.692. The summed E-state index contributed by atoms with van der Waals surface area (Å²) in [5.41, 5.74) is 2.02. The van der Waals surface area contributed by atoms with Crippen LogP contribution in [0.3, 0.4) is 0 Å². The van der Waals surface area contributed by atoms with Crippen LogP contribution in [0.2, 0.25) is 0 Å². The minimum absolute atomic E-state index is 0.0215. The highest BCUT2D eigenvalue weighted by Gasteiger charge is 2.09. The molecule has 0 amide bonds. The zero-order valence-corrected chi connectivity index (χ0v) is 12.0. The van der Waals surface area contributed by atoms with Gasteiger partial charge in [-0.3, -0.25) is 0 Å². The van der Waals surface area contributed by atoms with Crippen molar-refractivity contribution in [1.82, 2.24) is 14.9 Å². The molecule has 3 nitrogen and oxygen atoms in total. The third kappa shape index (κ3) is 4.25. The first-order chi connectivity index (χ1) is 8.08. The Balaban J connectivity index is 2.64. The van der Waals surface area contributed by atoms with E-state index in [1.807, 2.05) is 20.0 Å². The maximum atomic E-state index is 6.04. The lowest BCUT2D eigenvalue weighted by Gasteiger charge is -2.17. The van der Waals surface area contributed by atoms with Gasteiger partial charge < -0.3 is 4.90 Å². The Bertz CT molecular complexity index is 349. The molecule has 0 bridgehead atoms. The van der Waals surface area contributed by atoms with Crippen LogP contribution in [0.15, 0.2) is 6.20 Å². The van der Waals surface area contributed by atoms with Crippen molar-refractivity contribution in [3.8, 4) is 0 Å². The van der Waals surface area contributed by atoms with Gasteiger partial charge in [0.1, 0.15) is 5.82 Å². The van der Waals surface area contributed by atoms with Crippen LogP contribution in [-0.4, -0.2) is 34.5 Å². The lowest BCUT2D eigenvalue weighted by Crippen LogP contribution is -2.26. The molecule has 0 saturated heterocycles. The summed E-state index contributed by atoms with van der Waals surface area (Å²) >= 11 is 6.04. The third-order valence-electron chi connectivity index (χ3n) is 3.04. The topological polar surface area (TPSA) is 29.0 Å². The predicted molar refractivity (Wildman–Crippen MR) is 72.5 cm³/mol. The molecule has 1 atom stereocenters. The van der Waals surface area contributed by atoms with Crippen molar-refractivity contribution < 1.29 is 0 Å². The van der Waals surface area contributed by atoms with Crippen molar-refractivity contribution in [3.05, 3.63) is 23.3 Å². The van der Waals surface area contributed by atoms with Gasteiger partial charge in [-0.2, -0.15) is 0 Å². The molecule has 0 aromatic carbocycles. The number of nitrogens with zero attached hydrogens (tertiary/aromatic N) is 3. The summed E-state index contributed by atoms with van der Waals surface area (Å²) in [5.74, 6) is 0.912. The normalized spacial score (nSPS) is 13.1. The molecule has 0 spiro atoms. The molecule has 1 rings (SSSR count). The van der Waals surface area contributed by atoms with E-state index < -0.39 is 0 Å². The molecule has 0 aliphatic carbocycles. The summed E-state index contributed by atoms with van der Waals surface area (Å²) in [5, 5.41) is -0.0215. The minimum Gasteiger partial charge on any atom is -0.303 e. The van der Waals surface area contributed by atoms with Gasteiger partial charge in [0.25, 0.3) is 0 Å². The first kappa shape index (κ1) is 14.4. The highest BCUT2D eigenvalue weighted by atomic mass is 35.5. The Morgan fingerprint density at radius 1 is 1.35 bits per heavy atom. The van der Waals surface area contributed by atoms with Gasteiger partial charge in [-0.05, 0) is 26.9 Å². The molecule has 0 saturated carbocycles. The third-order valence-corrected chi connectivity index (χ3v) is 3.28. The molecule has 1 aromatic rings. The average Bonchev–Trinajstić information content (AvgIpc) is 2.30. The van der Waals surface area contributed by atoms with Crippen LogP contribution in [-0.2, 0) is 6.42 Å². The Labute approximate surface area is 109 Å². The van der Waals surface area contributed by atoms with Gasteiger partial charge in [0, 0.05) is 30.4 Å². The number of alkyl halides is 1. The molecule has 4 heteroatoms. The van der Waals surface area contributed by atoms with Crippen LogP contribution in [0.1, 0.15) is 43.2 Å². The first-order valence-corrected chi connectivity index (χ1v) is 6.70. The quantitative estimate of drug-likeness (QED) is 0.732. The van der Waals surface area contributed by atoms with Gasteiger partial charge in [-0.25, -0.2) is 9.97 Å². The zero-order valence-electron chi connectivity index (χ0n) is 11.2. The molecule has 96 valence electrons. The lowest BCUT2D eigenvalue weighted by molar-refractivity contribution is 0.305. The highest BCUT2D eigenvalue weighted by molar-refractivity contribution is 6.20. The summed E-state index contributed by atoms with van der Waals surface area (Å²) in [4.78, 5) is 11.3. The molecule has 1 heterocycles.